The van der Waals surface area contributed by atoms with Crippen molar-refractivity contribution in [3.05, 3.63) is 77.9 Å². The number of carbonyl (C=O) groups excluding carboxylic acids is 1. The summed E-state index contributed by atoms with van der Waals surface area (Å²) in [7, 11) is 0. The van der Waals surface area contributed by atoms with Crippen LogP contribution in [0.1, 0.15) is 24.1 Å². The number of carbonyl (C=O) groups is 1. The summed E-state index contributed by atoms with van der Waals surface area (Å²) in [5, 5.41) is 5.20. The molecule has 3 aromatic carbocycles. The van der Waals surface area contributed by atoms with Gasteiger partial charge in [-0.1, -0.05) is 60.7 Å². The monoisotopic (exact) mass is 290 g/mol. The van der Waals surface area contributed by atoms with Crippen molar-refractivity contribution in [1.82, 2.24) is 5.32 Å². The number of anilines is 1. The first-order valence-electron chi connectivity index (χ1n) is 7.26. The molecule has 3 rings (SSSR count). The standard InChI is InChI=1S/C19H18N2O/c1-13(22)21-19(15-8-3-2-4-9-15)18-16-10-6-5-7-14(16)11-12-17(18)20/h2-12,19H,20H2,1H3,(H,21,22). The molecule has 3 aromatic rings. The summed E-state index contributed by atoms with van der Waals surface area (Å²) in [5.74, 6) is -0.0822. The highest BCUT2D eigenvalue weighted by molar-refractivity contribution is 5.91. The van der Waals surface area contributed by atoms with E-state index in [9.17, 15) is 4.79 Å². The van der Waals surface area contributed by atoms with Gasteiger partial charge >= 0.3 is 0 Å². The van der Waals surface area contributed by atoms with Gasteiger partial charge in [-0.15, -0.1) is 0 Å². The molecule has 110 valence electrons. The molecule has 0 aliphatic heterocycles. The fourth-order valence-electron chi connectivity index (χ4n) is 2.81. The highest BCUT2D eigenvalue weighted by Crippen LogP contribution is 2.33. The van der Waals surface area contributed by atoms with E-state index in [4.69, 9.17) is 5.73 Å². The normalized spacial score (nSPS) is 12.0. The minimum Gasteiger partial charge on any atom is -0.398 e. The Morgan fingerprint density at radius 3 is 2.36 bits per heavy atom. The zero-order valence-corrected chi connectivity index (χ0v) is 12.4. The molecule has 0 saturated carbocycles. The molecule has 0 spiro atoms. The Kier molecular flexibility index (Phi) is 3.79. The van der Waals surface area contributed by atoms with Crippen LogP contribution in [0.3, 0.4) is 0 Å². The van der Waals surface area contributed by atoms with Crippen molar-refractivity contribution >= 4 is 22.4 Å². The van der Waals surface area contributed by atoms with E-state index >= 15 is 0 Å². The fourth-order valence-corrected chi connectivity index (χ4v) is 2.81. The zero-order valence-electron chi connectivity index (χ0n) is 12.4. The van der Waals surface area contributed by atoms with E-state index in [1.807, 2.05) is 66.7 Å². The second-order valence-electron chi connectivity index (χ2n) is 5.33. The van der Waals surface area contributed by atoms with Crippen LogP contribution >= 0.6 is 0 Å². The molecule has 3 N–H and O–H groups in total. The van der Waals surface area contributed by atoms with E-state index in [0.29, 0.717) is 5.69 Å². The molecule has 3 nitrogen and oxygen atoms in total. The summed E-state index contributed by atoms with van der Waals surface area (Å²) < 4.78 is 0. The van der Waals surface area contributed by atoms with E-state index < -0.39 is 0 Å². The third-order valence-electron chi connectivity index (χ3n) is 3.77. The summed E-state index contributed by atoms with van der Waals surface area (Å²) in [6.07, 6.45) is 0. The second-order valence-corrected chi connectivity index (χ2v) is 5.33. The van der Waals surface area contributed by atoms with Crippen LogP contribution in [-0.2, 0) is 4.79 Å². The molecule has 0 radical (unpaired) electrons. The van der Waals surface area contributed by atoms with Crippen molar-refractivity contribution < 1.29 is 4.79 Å². The smallest absolute Gasteiger partial charge is 0.217 e. The molecule has 3 heteroatoms. The summed E-state index contributed by atoms with van der Waals surface area (Å²) >= 11 is 0. The van der Waals surface area contributed by atoms with Crippen LogP contribution < -0.4 is 11.1 Å². The third kappa shape index (κ3) is 2.66. The molecule has 0 aliphatic rings. The predicted molar refractivity (Wildman–Crippen MR) is 90.5 cm³/mol. The average Bonchev–Trinajstić information content (AvgIpc) is 2.54. The van der Waals surface area contributed by atoms with Crippen molar-refractivity contribution in [2.75, 3.05) is 5.73 Å². The van der Waals surface area contributed by atoms with Gasteiger partial charge in [0.05, 0.1) is 6.04 Å². The molecular formula is C19H18N2O. The van der Waals surface area contributed by atoms with Gasteiger partial charge < -0.3 is 11.1 Å². The van der Waals surface area contributed by atoms with Crippen LogP contribution in [0, 0.1) is 0 Å². The van der Waals surface area contributed by atoms with E-state index in [-0.39, 0.29) is 11.9 Å². The topological polar surface area (TPSA) is 55.1 Å². The summed E-state index contributed by atoms with van der Waals surface area (Å²) in [4.78, 5) is 11.7. The number of nitrogen functional groups attached to an aromatic ring is 1. The van der Waals surface area contributed by atoms with Crippen molar-refractivity contribution in [2.24, 2.45) is 0 Å². The lowest BCUT2D eigenvalue weighted by Gasteiger charge is -2.22. The number of rotatable bonds is 3. The molecule has 0 fully saturated rings. The minimum absolute atomic E-state index is 0.0822. The van der Waals surface area contributed by atoms with Gasteiger partial charge in [-0.2, -0.15) is 0 Å². The Bertz CT molecular complexity index is 812. The molecule has 22 heavy (non-hydrogen) atoms. The van der Waals surface area contributed by atoms with Crippen molar-refractivity contribution in [3.8, 4) is 0 Å². The van der Waals surface area contributed by atoms with Crippen LogP contribution in [0.15, 0.2) is 66.7 Å². The lowest BCUT2D eigenvalue weighted by Crippen LogP contribution is -2.27. The van der Waals surface area contributed by atoms with Gasteiger partial charge in [0, 0.05) is 18.2 Å². The number of benzene rings is 3. The van der Waals surface area contributed by atoms with Gasteiger partial charge in [-0.05, 0) is 22.4 Å². The molecule has 0 aromatic heterocycles. The maximum Gasteiger partial charge on any atom is 0.217 e. The predicted octanol–water partition coefficient (Wildman–Crippen LogP) is 3.65. The first-order valence-corrected chi connectivity index (χ1v) is 7.26. The summed E-state index contributed by atoms with van der Waals surface area (Å²) in [6, 6.07) is 21.6. The van der Waals surface area contributed by atoms with Crippen LogP contribution in [0.4, 0.5) is 5.69 Å². The lowest BCUT2D eigenvalue weighted by molar-refractivity contribution is -0.119. The van der Waals surface area contributed by atoms with Crippen molar-refractivity contribution in [2.45, 2.75) is 13.0 Å². The number of amides is 1. The summed E-state index contributed by atoms with van der Waals surface area (Å²) in [5.41, 5.74) is 8.89. The number of hydrogen-bond donors (Lipinski definition) is 2. The Morgan fingerprint density at radius 1 is 0.955 bits per heavy atom. The molecule has 0 heterocycles. The maximum absolute atomic E-state index is 11.7. The highest BCUT2D eigenvalue weighted by Gasteiger charge is 2.20. The highest BCUT2D eigenvalue weighted by atomic mass is 16.1. The molecule has 0 aliphatic carbocycles. The molecular weight excluding hydrogens is 272 g/mol. The number of nitrogens with two attached hydrogens (primary N) is 1. The van der Waals surface area contributed by atoms with Gasteiger partial charge in [0.2, 0.25) is 5.91 Å². The van der Waals surface area contributed by atoms with Crippen LogP contribution in [0.5, 0.6) is 0 Å². The van der Waals surface area contributed by atoms with E-state index in [1.54, 1.807) is 0 Å². The average molecular weight is 290 g/mol. The first kappa shape index (κ1) is 14.1. The Balaban J connectivity index is 2.24. The lowest BCUT2D eigenvalue weighted by atomic mass is 9.92. The number of fused-ring (bicyclic) bond motifs is 1. The SMILES string of the molecule is CC(=O)NC(c1ccccc1)c1c(N)ccc2ccccc12. The quantitative estimate of drug-likeness (QED) is 0.723. The van der Waals surface area contributed by atoms with Gasteiger partial charge in [-0.25, -0.2) is 0 Å². The first-order chi connectivity index (χ1) is 10.7. The van der Waals surface area contributed by atoms with Crippen molar-refractivity contribution in [3.63, 3.8) is 0 Å². The van der Waals surface area contributed by atoms with Crippen LogP contribution in [-0.4, -0.2) is 5.91 Å². The summed E-state index contributed by atoms with van der Waals surface area (Å²) in [6.45, 7) is 1.53. The second kappa shape index (κ2) is 5.90. The van der Waals surface area contributed by atoms with Crippen LogP contribution in [0.2, 0.25) is 0 Å². The Morgan fingerprint density at radius 2 is 1.64 bits per heavy atom. The van der Waals surface area contributed by atoms with Gasteiger partial charge in [-0.3, -0.25) is 4.79 Å². The maximum atomic E-state index is 11.7. The van der Waals surface area contributed by atoms with Gasteiger partial charge in [0.1, 0.15) is 0 Å². The van der Waals surface area contributed by atoms with Crippen LogP contribution in [0.25, 0.3) is 10.8 Å². The molecule has 1 unspecified atom stereocenters. The van der Waals surface area contributed by atoms with Crippen molar-refractivity contribution in [1.29, 1.82) is 0 Å². The molecule has 1 atom stereocenters. The molecule has 0 saturated heterocycles. The van der Waals surface area contributed by atoms with E-state index in [2.05, 4.69) is 5.32 Å². The Labute approximate surface area is 129 Å². The van der Waals surface area contributed by atoms with Gasteiger partial charge in [0.25, 0.3) is 0 Å². The fraction of sp³-hybridized carbons (Fsp3) is 0.105. The van der Waals surface area contributed by atoms with Gasteiger partial charge in [0.15, 0.2) is 0 Å². The molecule has 1 amide bonds. The van der Waals surface area contributed by atoms with E-state index in [1.165, 1.54) is 6.92 Å². The number of nitrogens with one attached hydrogen (secondary N) is 1. The Hall–Kier alpha value is -2.81. The largest absolute Gasteiger partial charge is 0.398 e. The number of hydrogen-bond acceptors (Lipinski definition) is 2. The third-order valence-corrected chi connectivity index (χ3v) is 3.77. The zero-order chi connectivity index (χ0) is 15.5. The minimum atomic E-state index is -0.259. The van der Waals surface area contributed by atoms with E-state index in [0.717, 1.165) is 21.9 Å². The molecule has 0 bridgehead atoms.